The third kappa shape index (κ3) is 2.74. The Hall–Kier alpha value is -1.92. The zero-order chi connectivity index (χ0) is 13.1. The molecule has 2 aromatic carbocycles. The number of nitrogens with zero attached hydrogens (tertiary/aromatic N) is 1. The SMILES string of the molecule is N#Cc1cccc(NCC2Cc3ccccc3S2)c1. The Kier molecular flexibility index (Phi) is 3.43. The minimum Gasteiger partial charge on any atom is -0.384 e. The summed E-state index contributed by atoms with van der Waals surface area (Å²) >= 11 is 1.94. The predicted octanol–water partition coefficient (Wildman–Crippen LogP) is 3.69. The van der Waals surface area contributed by atoms with Gasteiger partial charge in [-0.05, 0) is 36.2 Å². The number of benzene rings is 2. The summed E-state index contributed by atoms with van der Waals surface area (Å²) in [7, 11) is 0. The molecule has 0 fully saturated rings. The third-order valence-electron chi connectivity index (χ3n) is 3.24. The summed E-state index contributed by atoms with van der Waals surface area (Å²) in [4.78, 5) is 1.40. The van der Waals surface area contributed by atoms with Crippen LogP contribution in [0.1, 0.15) is 11.1 Å². The molecule has 1 aliphatic rings. The van der Waals surface area contributed by atoms with Crippen LogP contribution < -0.4 is 5.32 Å². The Bertz CT molecular complexity index is 606. The van der Waals surface area contributed by atoms with E-state index in [4.69, 9.17) is 5.26 Å². The minimum atomic E-state index is 0.572. The van der Waals surface area contributed by atoms with E-state index in [0.29, 0.717) is 10.8 Å². The van der Waals surface area contributed by atoms with Crippen LogP contribution in [0.2, 0.25) is 0 Å². The van der Waals surface area contributed by atoms with Gasteiger partial charge in [0.25, 0.3) is 0 Å². The van der Waals surface area contributed by atoms with Crippen LogP contribution in [0.3, 0.4) is 0 Å². The highest BCUT2D eigenvalue weighted by atomic mass is 32.2. The van der Waals surface area contributed by atoms with Gasteiger partial charge in [-0.15, -0.1) is 11.8 Å². The number of anilines is 1. The molecule has 3 heteroatoms. The van der Waals surface area contributed by atoms with Crippen molar-refractivity contribution in [1.82, 2.24) is 0 Å². The van der Waals surface area contributed by atoms with Crippen molar-refractivity contribution < 1.29 is 0 Å². The van der Waals surface area contributed by atoms with E-state index >= 15 is 0 Å². The first kappa shape index (κ1) is 12.1. The highest BCUT2D eigenvalue weighted by Crippen LogP contribution is 2.36. The number of nitrogens with one attached hydrogen (secondary N) is 1. The molecule has 2 nitrogen and oxygen atoms in total. The van der Waals surface area contributed by atoms with Crippen LogP contribution in [0.5, 0.6) is 0 Å². The smallest absolute Gasteiger partial charge is 0.0992 e. The molecule has 0 saturated heterocycles. The van der Waals surface area contributed by atoms with Crippen LogP contribution >= 0.6 is 11.8 Å². The van der Waals surface area contributed by atoms with Gasteiger partial charge in [0.2, 0.25) is 0 Å². The summed E-state index contributed by atoms with van der Waals surface area (Å²) in [6, 6.07) is 18.4. The molecule has 19 heavy (non-hydrogen) atoms. The van der Waals surface area contributed by atoms with Gasteiger partial charge in [-0.2, -0.15) is 5.26 Å². The maximum Gasteiger partial charge on any atom is 0.0992 e. The fourth-order valence-corrected chi connectivity index (χ4v) is 3.55. The molecule has 0 radical (unpaired) electrons. The van der Waals surface area contributed by atoms with E-state index in [2.05, 4.69) is 35.7 Å². The maximum atomic E-state index is 8.88. The van der Waals surface area contributed by atoms with Gasteiger partial charge in [-0.25, -0.2) is 0 Å². The van der Waals surface area contributed by atoms with Gasteiger partial charge in [0.15, 0.2) is 0 Å². The second kappa shape index (κ2) is 5.38. The number of thioether (sulfide) groups is 1. The van der Waals surface area contributed by atoms with Crippen molar-refractivity contribution in [3.8, 4) is 6.07 Å². The molecule has 0 bridgehead atoms. The van der Waals surface area contributed by atoms with E-state index in [1.807, 2.05) is 36.0 Å². The molecular formula is C16H14N2S. The zero-order valence-corrected chi connectivity index (χ0v) is 11.3. The van der Waals surface area contributed by atoms with Gasteiger partial charge in [-0.3, -0.25) is 0 Å². The second-order valence-electron chi connectivity index (χ2n) is 4.63. The Balaban J connectivity index is 1.61. The fourth-order valence-electron chi connectivity index (χ4n) is 2.30. The number of hydrogen-bond acceptors (Lipinski definition) is 3. The molecule has 0 aliphatic carbocycles. The van der Waals surface area contributed by atoms with Gasteiger partial charge in [0, 0.05) is 22.4 Å². The summed E-state index contributed by atoms with van der Waals surface area (Å²) < 4.78 is 0. The van der Waals surface area contributed by atoms with E-state index in [1.54, 1.807) is 0 Å². The molecule has 0 saturated carbocycles. The highest BCUT2D eigenvalue weighted by molar-refractivity contribution is 8.00. The first-order valence-electron chi connectivity index (χ1n) is 6.34. The third-order valence-corrected chi connectivity index (χ3v) is 4.56. The molecule has 1 N–H and O–H groups in total. The Morgan fingerprint density at radius 3 is 2.95 bits per heavy atom. The van der Waals surface area contributed by atoms with Crippen LogP contribution in [0.4, 0.5) is 5.69 Å². The van der Waals surface area contributed by atoms with Gasteiger partial charge in [-0.1, -0.05) is 24.3 Å². The highest BCUT2D eigenvalue weighted by Gasteiger charge is 2.21. The molecule has 1 unspecified atom stereocenters. The van der Waals surface area contributed by atoms with Crippen molar-refractivity contribution in [2.45, 2.75) is 16.6 Å². The van der Waals surface area contributed by atoms with Crippen LogP contribution in [-0.4, -0.2) is 11.8 Å². The maximum absolute atomic E-state index is 8.88. The van der Waals surface area contributed by atoms with Gasteiger partial charge in [0.1, 0.15) is 0 Å². The van der Waals surface area contributed by atoms with Crippen LogP contribution in [0, 0.1) is 11.3 Å². The number of rotatable bonds is 3. The lowest BCUT2D eigenvalue weighted by Gasteiger charge is -2.11. The van der Waals surface area contributed by atoms with Crippen LogP contribution in [0.15, 0.2) is 53.4 Å². The average Bonchev–Trinajstić information content (AvgIpc) is 2.88. The lowest BCUT2D eigenvalue weighted by molar-refractivity contribution is 0.899. The number of fused-ring (bicyclic) bond motifs is 1. The molecule has 3 rings (SSSR count). The Labute approximate surface area is 117 Å². The van der Waals surface area contributed by atoms with Gasteiger partial charge < -0.3 is 5.32 Å². The molecule has 94 valence electrons. The average molecular weight is 266 g/mol. The van der Waals surface area contributed by atoms with Gasteiger partial charge >= 0.3 is 0 Å². The largest absolute Gasteiger partial charge is 0.384 e. The minimum absolute atomic E-state index is 0.572. The fraction of sp³-hybridized carbons (Fsp3) is 0.188. The monoisotopic (exact) mass is 266 g/mol. The normalized spacial score (nSPS) is 16.7. The lowest BCUT2D eigenvalue weighted by Crippen LogP contribution is -2.15. The van der Waals surface area contributed by atoms with E-state index in [0.717, 1.165) is 18.7 Å². The first-order valence-corrected chi connectivity index (χ1v) is 7.22. The van der Waals surface area contributed by atoms with Crippen molar-refractivity contribution in [2.75, 3.05) is 11.9 Å². The van der Waals surface area contributed by atoms with Crippen LogP contribution in [-0.2, 0) is 6.42 Å². The second-order valence-corrected chi connectivity index (χ2v) is 5.97. The van der Waals surface area contributed by atoms with E-state index in [-0.39, 0.29) is 0 Å². The molecule has 0 spiro atoms. The van der Waals surface area contributed by atoms with E-state index < -0.39 is 0 Å². The summed E-state index contributed by atoms with van der Waals surface area (Å²) in [5.41, 5.74) is 3.17. The molecule has 0 amide bonds. The molecule has 0 aromatic heterocycles. The summed E-state index contributed by atoms with van der Waals surface area (Å²) in [6.07, 6.45) is 1.12. The number of hydrogen-bond donors (Lipinski definition) is 1. The van der Waals surface area contributed by atoms with Crippen molar-refractivity contribution in [1.29, 1.82) is 5.26 Å². The zero-order valence-electron chi connectivity index (χ0n) is 10.5. The molecule has 1 heterocycles. The van der Waals surface area contributed by atoms with Gasteiger partial charge in [0.05, 0.1) is 11.6 Å². The summed E-state index contributed by atoms with van der Waals surface area (Å²) in [5, 5.41) is 12.9. The quantitative estimate of drug-likeness (QED) is 0.920. The van der Waals surface area contributed by atoms with E-state index in [1.165, 1.54) is 10.5 Å². The summed E-state index contributed by atoms with van der Waals surface area (Å²) in [5.74, 6) is 0. The topological polar surface area (TPSA) is 35.8 Å². The molecular weight excluding hydrogens is 252 g/mol. The Morgan fingerprint density at radius 2 is 2.11 bits per heavy atom. The first-order chi connectivity index (χ1) is 9.35. The molecule has 1 aliphatic heterocycles. The standard InChI is InChI=1S/C16H14N2S/c17-10-12-4-3-6-14(8-12)18-11-15-9-13-5-1-2-7-16(13)19-15/h1-8,15,18H,9,11H2. The van der Waals surface area contributed by atoms with E-state index in [9.17, 15) is 0 Å². The molecule has 2 aromatic rings. The summed E-state index contributed by atoms with van der Waals surface area (Å²) in [6.45, 7) is 0.925. The van der Waals surface area contributed by atoms with Crippen molar-refractivity contribution in [3.63, 3.8) is 0 Å². The van der Waals surface area contributed by atoms with Crippen LogP contribution in [0.25, 0.3) is 0 Å². The van der Waals surface area contributed by atoms with Crippen molar-refractivity contribution >= 4 is 17.4 Å². The Morgan fingerprint density at radius 1 is 1.21 bits per heavy atom. The van der Waals surface area contributed by atoms with Crippen molar-refractivity contribution in [3.05, 3.63) is 59.7 Å². The van der Waals surface area contributed by atoms with Crippen molar-refractivity contribution in [2.24, 2.45) is 0 Å². The number of nitriles is 1. The lowest BCUT2D eigenvalue weighted by atomic mass is 10.1. The molecule has 1 atom stereocenters. The predicted molar refractivity (Wildman–Crippen MR) is 79.4 cm³/mol.